The van der Waals surface area contributed by atoms with Gasteiger partial charge in [0.1, 0.15) is 11.5 Å². The zero-order valence-corrected chi connectivity index (χ0v) is 14.5. The lowest BCUT2D eigenvalue weighted by Crippen LogP contribution is -2.49. The van der Waals surface area contributed by atoms with E-state index in [0.717, 1.165) is 0 Å². The van der Waals surface area contributed by atoms with Crippen LogP contribution in [0.3, 0.4) is 0 Å². The Kier molecular flexibility index (Phi) is 6.16. The molecule has 1 aliphatic rings. The number of halogens is 3. The van der Waals surface area contributed by atoms with Gasteiger partial charge in [0.25, 0.3) is 0 Å². The highest BCUT2D eigenvalue weighted by molar-refractivity contribution is 5.96. The van der Waals surface area contributed by atoms with Gasteiger partial charge in [-0.15, -0.1) is 0 Å². The van der Waals surface area contributed by atoms with Gasteiger partial charge in [0.2, 0.25) is 5.91 Å². The van der Waals surface area contributed by atoms with Gasteiger partial charge >= 0.3 is 6.18 Å². The van der Waals surface area contributed by atoms with Crippen molar-refractivity contribution in [3.8, 4) is 11.5 Å². The van der Waals surface area contributed by atoms with Crippen LogP contribution in [0.15, 0.2) is 18.2 Å². The Bertz CT molecular complexity index is 607. The number of nitrogens with one attached hydrogen (secondary N) is 1. The van der Waals surface area contributed by atoms with E-state index in [9.17, 15) is 18.0 Å². The number of nitrogens with zero attached hydrogens (tertiary/aromatic N) is 1. The van der Waals surface area contributed by atoms with Gasteiger partial charge < -0.3 is 14.8 Å². The summed E-state index contributed by atoms with van der Waals surface area (Å²) in [7, 11) is 2.97. The third-order valence-corrected chi connectivity index (χ3v) is 4.51. The zero-order chi connectivity index (χ0) is 18.6. The van der Waals surface area contributed by atoms with Gasteiger partial charge in [0.05, 0.1) is 31.9 Å². The molecule has 0 radical (unpaired) electrons. The zero-order valence-electron chi connectivity index (χ0n) is 14.5. The molecule has 1 aromatic rings. The van der Waals surface area contributed by atoms with E-state index in [0.29, 0.717) is 30.2 Å². The molecule has 0 bridgehead atoms. The summed E-state index contributed by atoms with van der Waals surface area (Å²) in [5, 5.41) is 2.72. The molecule has 1 heterocycles. The topological polar surface area (TPSA) is 50.8 Å². The SMILES string of the molecule is COc1ccc(OC)c(NC(=O)[C@@H](C)N2CCC[C@@H](C(F)(F)F)C2)c1. The quantitative estimate of drug-likeness (QED) is 0.875. The van der Waals surface area contributed by atoms with Crippen LogP contribution in [0.1, 0.15) is 19.8 Å². The normalized spacial score (nSPS) is 20.0. The van der Waals surface area contributed by atoms with Crippen LogP contribution in [0.4, 0.5) is 18.9 Å². The van der Waals surface area contributed by atoms with Crippen molar-refractivity contribution in [3.05, 3.63) is 18.2 Å². The van der Waals surface area contributed by atoms with Crippen LogP contribution in [0, 0.1) is 5.92 Å². The number of ether oxygens (including phenoxy) is 2. The van der Waals surface area contributed by atoms with Gasteiger partial charge in [-0.25, -0.2) is 0 Å². The van der Waals surface area contributed by atoms with E-state index in [2.05, 4.69) is 5.32 Å². The van der Waals surface area contributed by atoms with Gasteiger partial charge in [0, 0.05) is 12.6 Å². The summed E-state index contributed by atoms with van der Waals surface area (Å²) < 4.78 is 49.2. The minimum atomic E-state index is -4.23. The molecule has 2 atom stereocenters. The summed E-state index contributed by atoms with van der Waals surface area (Å²) in [4.78, 5) is 14.1. The fourth-order valence-electron chi connectivity index (χ4n) is 2.94. The Hall–Kier alpha value is -1.96. The molecule has 1 aliphatic heterocycles. The van der Waals surface area contributed by atoms with Crippen molar-refractivity contribution >= 4 is 11.6 Å². The molecule has 1 amide bonds. The molecule has 1 fully saturated rings. The Morgan fingerprint density at radius 3 is 2.64 bits per heavy atom. The fourth-order valence-corrected chi connectivity index (χ4v) is 2.94. The van der Waals surface area contributed by atoms with Crippen LogP contribution in [-0.4, -0.2) is 50.3 Å². The number of carbonyl (C=O) groups is 1. The third kappa shape index (κ3) is 4.78. The highest BCUT2D eigenvalue weighted by atomic mass is 19.4. The predicted molar refractivity (Wildman–Crippen MR) is 88.0 cm³/mol. The molecule has 5 nitrogen and oxygen atoms in total. The summed E-state index contributed by atoms with van der Waals surface area (Å²) in [5.41, 5.74) is 0.420. The number of amides is 1. The Morgan fingerprint density at radius 1 is 1.32 bits per heavy atom. The van der Waals surface area contributed by atoms with E-state index in [1.165, 1.54) is 14.2 Å². The minimum absolute atomic E-state index is 0.109. The highest BCUT2D eigenvalue weighted by Crippen LogP contribution is 2.34. The standard InChI is InChI=1S/C17H23F3N2O3/c1-11(22-8-4-5-12(10-22)17(18,19)20)16(23)21-14-9-13(24-2)6-7-15(14)25-3/h6-7,9,11-12H,4-5,8,10H2,1-3H3,(H,21,23)/t11-,12-/m1/s1. The molecule has 0 saturated carbocycles. The highest BCUT2D eigenvalue weighted by Gasteiger charge is 2.43. The third-order valence-electron chi connectivity index (χ3n) is 4.51. The van der Waals surface area contributed by atoms with Crippen molar-refractivity contribution in [2.24, 2.45) is 5.92 Å². The molecule has 25 heavy (non-hydrogen) atoms. The van der Waals surface area contributed by atoms with E-state index in [1.807, 2.05) is 0 Å². The molecule has 1 aromatic carbocycles. The molecular weight excluding hydrogens is 337 g/mol. The van der Waals surface area contributed by atoms with E-state index >= 15 is 0 Å². The Labute approximate surface area is 145 Å². The number of rotatable bonds is 5. The number of anilines is 1. The smallest absolute Gasteiger partial charge is 0.393 e. The fraction of sp³-hybridized carbons (Fsp3) is 0.588. The van der Waals surface area contributed by atoms with Crippen molar-refractivity contribution in [1.29, 1.82) is 0 Å². The number of alkyl halides is 3. The second kappa shape index (κ2) is 7.95. The first kappa shape index (κ1) is 19.4. The van der Waals surface area contributed by atoms with Gasteiger partial charge in [-0.1, -0.05) is 0 Å². The summed E-state index contributed by atoms with van der Waals surface area (Å²) in [6.45, 7) is 1.92. The number of benzene rings is 1. The summed E-state index contributed by atoms with van der Waals surface area (Å²) >= 11 is 0. The Balaban J connectivity index is 2.07. The molecule has 0 unspecified atom stereocenters. The van der Waals surface area contributed by atoms with Gasteiger partial charge in [-0.2, -0.15) is 13.2 Å². The molecule has 1 N–H and O–H groups in total. The Morgan fingerprint density at radius 2 is 2.04 bits per heavy atom. The molecule has 0 aromatic heterocycles. The number of hydrogen-bond donors (Lipinski definition) is 1. The molecule has 1 saturated heterocycles. The van der Waals surface area contributed by atoms with Crippen molar-refractivity contribution in [3.63, 3.8) is 0 Å². The van der Waals surface area contributed by atoms with Gasteiger partial charge in [-0.05, 0) is 38.4 Å². The van der Waals surface area contributed by atoms with Crippen molar-refractivity contribution in [2.45, 2.75) is 32.0 Å². The molecule has 2 rings (SSSR count). The molecular formula is C17H23F3N2O3. The maximum Gasteiger partial charge on any atom is 0.393 e. The molecule has 8 heteroatoms. The van der Waals surface area contributed by atoms with Crippen LogP contribution in [0.25, 0.3) is 0 Å². The van der Waals surface area contributed by atoms with Crippen LogP contribution < -0.4 is 14.8 Å². The van der Waals surface area contributed by atoms with Crippen LogP contribution >= 0.6 is 0 Å². The average Bonchev–Trinajstić information content (AvgIpc) is 2.60. The monoisotopic (exact) mass is 360 g/mol. The first-order valence-corrected chi connectivity index (χ1v) is 8.10. The van der Waals surface area contributed by atoms with Crippen molar-refractivity contribution in [1.82, 2.24) is 4.90 Å². The first-order chi connectivity index (χ1) is 11.8. The first-order valence-electron chi connectivity index (χ1n) is 8.10. The maximum absolute atomic E-state index is 13.0. The number of likely N-dealkylation sites (tertiary alicyclic amines) is 1. The van der Waals surface area contributed by atoms with Crippen molar-refractivity contribution < 1.29 is 27.4 Å². The number of hydrogen-bond acceptors (Lipinski definition) is 4. The lowest BCUT2D eigenvalue weighted by atomic mass is 9.96. The van der Waals surface area contributed by atoms with Crippen LogP contribution in [-0.2, 0) is 4.79 Å². The van der Waals surface area contributed by atoms with Gasteiger partial charge in [-0.3, -0.25) is 9.69 Å². The molecule has 140 valence electrons. The number of carbonyl (C=O) groups excluding carboxylic acids is 1. The lowest BCUT2D eigenvalue weighted by Gasteiger charge is -2.36. The van der Waals surface area contributed by atoms with E-state index < -0.39 is 18.1 Å². The van der Waals surface area contributed by atoms with Crippen LogP contribution in [0.5, 0.6) is 11.5 Å². The maximum atomic E-state index is 13.0. The minimum Gasteiger partial charge on any atom is -0.497 e. The summed E-state index contributed by atoms with van der Waals surface area (Å²) in [6, 6.07) is 4.27. The second-order valence-electron chi connectivity index (χ2n) is 6.11. The van der Waals surface area contributed by atoms with Crippen molar-refractivity contribution in [2.75, 3.05) is 32.6 Å². The van der Waals surface area contributed by atoms with E-state index in [-0.39, 0.29) is 18.9 Å². The van der Waals surface area contributed by atoms with E-state index in [4.69, 9.17) is 9.47 Å². The largest absolute Gasteiger partial charge is 0.497 e. The summed E-state index contributed by atoms with van der Waals surface area (Å²) in [6.07, 6.45) is -3.70. The predicted octanol–water partition coefficient (Wildman–Crippen LogP) is 3.31. The average molecular weight is 360 g/mol. The molecule has 0 aliphatic carbocycles. The number of methoxy groups -OCH3 is 2. The number of piperidine rings is 1. The lowest BCUT2D eigenvalue weighted by molar-refractivity contribution is -0.188. The second-order valence-corrected chi connectivity index (χ2v) is 6.11. The molecule has 0 spiro atoms. The summed E-state index contributed by atoms with van der Waals surface area (Å²) in [5.74, 6) is -0.774. The van der Waals surface area contributed by atoms with Crippen LogP contribution in [0.2, 0.25) is 0 Å². The van der Waals surface area contributed by atoms with Gasteiger partial charge in [0.15, 0.2) is 0 Å². The van der Waals surface area contributed by atoms with E-state index in [1.54, 1.807) is 30.0 Å².